The molecule has 0 aromatic rings. The van der Waals surface area contributed by atoms with Crippen LogP contribution in [0, 0.1) is 0 Å². The molecule has 0 radical (unpaired) electrons. The quantitative estimate of drug-likeness (QED) is 0.211. The Morgan fingerprint density at radius 1 is 1.00 bits per heavy atom. The minimum absolute atomic E-state index is 0. The van der Waals surface area contributed by atoms with Crippen LogP contribution >= 0.6 is 0 Å². The molecule has 0 amide bonds. The van der Waals surface area contributed by atoms with Gasteiger partial charge in [0.2, 0.25) is 0 Å². The van der Waals surface area contributed by atoms with Gasteiger partial charge in [-0.05, 0) is 0 Å². The van der Waals surface area contributed by atoms with Crippen LogP contribution in [0.3, 0.4) is 0 Å². The third-order valence-corrected chi connectivity index (χ3v) is 0.167. The Bertz CT molecular complexity index is 89.1. The van der Waals surface area contributed by atoms with Crippen LogP contribution in [0.5, 0.6) is 0 Å². The second-order valence-electron chi connectivity index (χ2n) is 0.602. The fourth-order valence-electron chi connectivity index (χ4n) is 0.0680. The van der Waals surface area contributed by atoms with Gasteiger partial charge in [0.05, 0.1) is 0 Å². The number of rotatable bonds is 0. The van der Waals surface area contributed by atoms with Crippen LogP contribution in [0.15, 0.2) is 0 Å². The summed E-state index contributed by atoms with van der Waals surface area (Å²) in [6, 6.07) is 0. The van der Waals surface area contributed by atoms with Gasteiger partial charge in [-0.3, -0.25) is 0 Å². The maximum Gasteiger partial charge on any atom is 1.00 e. The summed E-state index contributed by atoms with van der Waals surface area (Å²) >= 11 is 0. The van der Waals surface area contributed by atoms with Crippen molar-refractivity contribution in [3.8, 4) is 0 Å². The minimum Gasteiger partial charge on any atom is -0.483 e. The minimum atomic E-state index is -2.12. The number of carboxylic acid groups (broad SMARTS) is 2. The Morgan fingerprint density at radius 3 is 1.22 bits per heavy atom. The summed E-state index contributed by atoms with van der Waals surface area (Å²) < 4.78 is 2.86. The van der Waals surface area contributed by atoms with E-state index in [2.05, 4.69) is 4.74 Å². The van der Waals surface area contributed by atoms with Crippen molar-refractivity contribution in [3.05, 3.63) is 0 Å². The Kier molecular flexibility index (Phi) is 19.1. The van der Waals surface area contributed by atoms with Crippen LogP contribution in [-0.4, -0.2) is 12.3 Å². The largest absolute Gasteiger partial charge is 1.00 e. The molecule has 5 nitrogen and oxygen atoms in total. The summed E-state index contributed by atoms with van der Waals surface area (Å²) in [5, 5.41) is 18.1. The third kappa shape index (κ3) is 17.8. The van der Waals surface area contributed by atoms with Crippen molar-refractivity contribution in [3.63, 3.8) is 0 Å². The van der Waals surface area contributed by atoms with Gasteiger partial charge >= 0.3 is 103 Å². The predicted octanol–water partition coefficient (Wildman–Crippen LogP) is -8.30. The fraction of sp³-hybridized carbons (Fsp3) is 0. The Hall–Kier alpha value is 2.01. The SMILES string of the molecule is O=C([O-])OC(=O)[O-].[K+].[K+]. The second kappa shape index (κ2) is 10.0. The van der Waals surface area contributed by atoms with E-state index in [1.807, 2.05) is 0 Å². The maximum atomic E-state index is 9.06. The molecule has 0 aliphatic heterocycles. The number of carbonyl (C=O) groups is 2. The van der Waals surface area contributed by atoms with Crippen molar-refractivity contribution in [2.24, 2.45) is 0 Å². The molecule has 7 heteroatoms. The predicted molar refractivity (Wildman–Crippen MR) is 11.9 cm³/mol. The average Bonchev–Trinajstić information content (AvgIpc) is 1.27. The zero-order valence-electron chi connectivity index (χ0n) is 5.04. The molecule has 0 aliphatic carbocycles. The molecule has 0 aromatic carbocycles. The smallest absolute Gasteiger partial charge is 0.483 e. The molecule has 0 N–H and O–H groups in total. The van der Waals surface area contributed by atoms with Crippen LogP contribution in [0.2, 0.25) is 0 Å². The van der Waals surface area contributed by atoms with E-state index in [4.69, 9.17) is 19.8 Å². The number of hydrogen-bond donors (Lipinski definition) is 0. The van der Waals surface area contributed by atoms with Gasteiger partial charge in [-0.1, -0.05) is 0 Å². The zero-order chi connectivity index (χ0) is 5.86. The van der Waals surface area contributed by atoms with Crippen LogP contribution in [0.1, 0.15) is 0 Å². The molecular weight excluding hydrogens is 182 g/mol. The van der Waals surface area contributed by atoms with Crippen molar-refractivity contribution in [1.29, 1.82) is 0 Å². The van der Waals surface area contributed by atoms with Crippen LogP contribution < -0.4 is 113 Å². The van der Waals surface area contributed by atoms with Gasteiger partial charge in [-0.15, -0.1) is 0 Å². The fourth-order valence-corrected chi connectivity index (χ4v) is 0.0680. The first-order valence-corrected chi connectivity index (χ1v) is 1.22. The summed E-state index contributed by atoms with van der Waals surface area (Å²) in [5.74, 6) is 0. The first kappa shape index (κ1) is 17.2. The van der Waals surface area contributed by atoms with Gasteiger partial charge < -0.3 is 24.5 Å². The van der Waals surface area contributed by atoms with Gasteiger partial charge in [0, 0.05) is 0 Å². The average molecular weight is 182 g/mol. The van der Waals surface area contributed by atoms with Gasteiger partial charge in [-0.2, -0.15) is 0 Å². The van der Waals surface area contributed by atoms with Crippen LogP contribution in [0.4, 0.5) is 9.59 Å². The monoisotopic (exact) mass is 182 g/mol. The molecule has 0 bridgehead atoms. The molecule has 0 spiro atoms. The Morgan fingerprint density at radius 2 is 1.22 bits per heavy atom. The molecule has 0 saturated heterocycles. The van der Waals surface area contributed by atoms with E-state index in [-0.39, 0.29) is 103 Å². The van der Waals surface area contributed by atoms with Crippen molar-refractivity contribution >= 4 is 12.3 Å². The molecule has 0 unspecified atom stereocenters. The van der Waals surface area contributed by atoms with E-state index in [9.17, 15) is 0 Å². The molecule has 0 heterocycles. The first-order chi connectivity index (χ1) is 3.13. The molecule has 9 heavy (non-hydrogen) atoms. The first-order valence-electron chi connectivity index (χ1n) is 1.22. The van der Waals surface area contributed by atoms with E-state index in [1.54, 1.807) is 0 Å². The van der Waals surface area contributed by atoms with Crippen molar-refractivity contribution in [1.82, 2.24) is 0 Å². The Balaban J connectivity index is -0.000000180. The summed E-state index contributed by atoms with van der Waals surface area (Å²) in [5.41, 5.74) is 0. The van der Waals surface area contributed by atoms with E-state index >= 15 is 0 Å². The topological polar surface area (TPSA) is 89.5 Å². The summed E-state index contributed by atoms with van der Waals surface area (Å²) in [4.78, 5) is 18.1. The van der Waals surface area contributed by atoms with Crippen molar-refractivity contribution in [2.45, 2.75) is 0 Å². The van der Waals surface area contributed by atoms with Gasteiger partial charge in [-0.25, -0.2) is 0 Å². The van der Waals surface area contributed by atoms with E-state index in [0.29, 0.717) is 0 Å². The maximum absolute atomic E-state index is 9.06. The molecule has 0 aromatic heterocycles. The number of carbonyl (C=O) groups excluding carboxylic acids is 2. The molecule has 40 valence electrons. The third-order valence-electron chi connectivity index (χ3n) is 0.167. The standard InChI is InChI=1S/C2H2O5.2K/c3-1(4)7-2(5)6;;/h(H,3,4)(H,5,6);;/q;2*+1/p-2. The Labute approximate surface area is 136 Å². The number of hydrogen-bond acceptors (Lipinski definition) is 5. The molecule has 0 saturated carbocycles. The second-order valence-corrected chi connectivity index (χ2v) is 0.602. The van der Waals surface area contributed by atoms with Gasteiger partial charge in [0.1, 0.15) is 0 Å². The summed E-state index contributed by atoms with van der Waals surface area (Å²) in [7, 11) is 0. The van der Waals surface area contributed by atoms with Crippen molar-refractivity contribution < 1.29 is 127 Å². The normalized spacial score (nSPS) is 5.78. The molecule has 0 rings (SSSR count). The summed E-state index contributed by atoms with van der Waals surface area (Å²) in [6.45, 7) is 0. The van der Waals surface area contributed by atoms with Gasteiger partial charge in [0.15, 0.2) is 0 Å². The summed E-state index contributed by atoms with van der Waals surface area (Å²) in [6.07, 6.45) is -4.25. The zero-order valence-corrected chi connectivity index (χ0v) is 11.3. The van der Waals surface area contributed by atoms with Crippen molar-refractivity contribution in [2.75, 3.05) is 0 Å². The van der Waals surface area contributed by atoms with Crippen LogP contribution in [-0.2, 0) is 4.74 Å². The molecule has 0 atom stereocenters. The van der Waals surface area contributed by atoms with Gasteiger partial charge in [0.25, 0.3) is 12.3 Å². The molecule has 0 aliphatic rings. The van der Waals surface area contributed by atoms with Crippen LogP contribution in [0.25, 0.3) is 0 Å². The van der Waals surface area contributed by atoms with E-state index < -0.39 is 12.3 Å². The number of ether oxygens (including phenoxy) is 1. The molecular formula is C2K2O5. The van der Waals surface area contributed by atoms with E-state index in [1.165, 1.54) is 0 Å². The molecule has 0 fully saturated rings. The van der Waals surface area contributed by atoms with E-state index in [0.717, 1.165) is 0 Å².